The molecule has 2 aromatic rings. The molecule has 0 aliphatic heterocycles. The Morgan fingerprint density at radius 1 is 1.17 bits per heavy atom. The minimum atomic E-state index is -0.00700. The molecule has 18 heavy (non-hydrogen) atoms. The monoisotopic (exact) mass is 244 g/mol. The molecule has 2 rings (SSSR count). The number of benzene rings is 1. The van der Waals surface area contributed by atoms with Crippen LogP contribution in [-0.2, 0) is 4.79 Å². The fourth-order valence-electron chi connectivity index (χ4n) is 2.02. The van der Waals surface area contributed by atoms with Crippen LogP contribution in [0.4, 0.5) is 5.69 Å². The molecule has 0 atom stereocenters. The average Bonchev–Trinajstić information content (AvgIpc) is 2.73. The van der Waals surface area contributed by atoms with Gasteiger partial charge in [-0.3, -0.25) is 4.79 Å². The Bertz CT molecular complexity index is 567. The lowest BCUT2D eigenvalue weighted by Crippen LogP contribution is -2.17. The van der Waals surface area contributed by atoms with Gasteiger partial charge in [0, 0.05) is 23.5 Å². The fourth-order valence-corrected chi connectivity index (χ4v) is 2.02. The van der Waals surface area contributed by atoms with E-state index >= 15 is 0 Å². The maximum Gasteiger partial charge on any atom is 0.226 e. The molecule has 3 heteroatoms. The summed E-state index contributed by atoms with van der Waals surface area (Å²) in [6.45, 7) is 8.10. The van der Waals surface area contributed by atoms with E-state index in [9.17, 15) is 4.79 Å². The summed E-state index contributed by atoms with van der Waals surface area (Å²) < 4.78 is 2.21. The van der Waals surface area contributed by atoms with Gasteiger partial charge in [-0.1, -0.05) is 19.9 Å². The van der Waals surface area contributed by atoms with Crippen molar-refractivity contribution in [3.63, 3.8) is 0 Å². The molecule has 1 aromatic heterocycles. The summed E-state index contributed by atoms with van der Waals surface area (Å²) in [5, 5.41) is 4.08. The van der Waals surface area contributed by atoms with Gasteiger partial charge in [-0.15, -0.1) is 0 Å². The number of aromatic nitrogens is 1. The van der Waals surface area contributed by atoms with Crippen molar-refractivity contribution in [3.8, 4) is 0 Å². The zero-order chi connectivity index (χ0) is 13.3. The van der Waals surface area contributed by atoms with E-state index in [0.717, 1.165) is 16.6 Å². The van der Waals surface area contributed by atoms with E-state index in [2.05, 4.69) is 42.1 Å². The third-order valence-corrected chi connectivity index (χ3v) is 3.10. The predicted octanol–water partition coefficient (Wildman–Crippen LogP) is 3.82. The second-order valence-electron chi connectivity index (χ2n) is 5.20. The van der Waals surface area contributed by atoms with Gasteiger partial charge in [-0.25, -0.2) is 0 Å². The molecular weight excluding hydrogens is 224 g/mol. The third kappa shape index (κ3) is 2.26. The summed E-state index contributed by atoms with van der Waals surface area (Å²) in [7, 11) is 0. The SMILES string of the molecule is CC(C)C(=O)Nc1cccc2c1ccn2C(C)C. The first-order chi connectivity index (χ1) is 8.50. The van der Waals surface area contributed by atoms with Gasteiger partial charge < -0.3 is 9.88 Å². The van der Waals surface area contributed by atoms with Crippen LogP contribution in [0.15, 0.2) is 30.5 Å². The Labute approximate surface area is 108 Å². The number of nitrogens with zero attached hydrogens (tertiary/aromatic N) is 1. The molecule has 1 N–H and O–H groups in total. The topological polar surface area (TPSA) is 34.0 Å². The lowest BCUT2D eigenvalue weighted by atomic mass is 10.1. The lowest BCUT2D eigenvalue weighted by molar-refractivity contribution is -0.118. The number of nitrogens with one attached hydrogen (secondary N) is 1. The van der Waals surface area contributed by atoms with Crippen LogP contribution in [-0.4, -0.2) is 10.5 Å². The minimum Gasteiger partial charge on any atom is -0.345 e. The number of hydrogen-bond acceptors (Lipinski definition) is 1. The third-order valence-electron chi connectivity index (χ3n) is 3.10. The van der Waals surface area contributed by atoms with Crippen LogP contribution in [0.5, 0.6) is 0 Å². The highest BCUT2D eigenvalue weighted by molar-refractivity contribution is 6.02. The number of carbonyl (C=O) groups excluding carboxylic acids is 1. The van der Waals surface area contributed by atoms with Crippen molar-refractivity contribution >= 4 is 22.5 Å². The quantitative estimate of drug-likeness (QED) is 0.875. The smallest absolute Gasteiger partial charge is 0.226 e. The molecule has 0 aliphatic carbocycles. The van der Waals surface area contributed by atoms with Crippen LogP contribution >= 0.6 is 0 Å². The van der Waals surface area contributed by atoms with Gasteiger partial charge in [-0.2, -0.15) is 0 Å². The first kappa shape index (κ1) is 12.7. The maximum absolute atomic E-state index is 11.8. The Kier molecular flexibility index (Phi) is 3.41. The molecule has 1 aromatic carbocycles. The molecule has 0 bridgehead atoms. The molecule has 1 amide bonds. The predicted molar refractivity (Wildman–Crippen MR) is 75.8 cm³/mol. The molecule has 0 saturated carbocycles. The Morgan fingerprint density at radius 3 is 2.50 bits per heavy atom. The maximum atomic E-state index is 11.8. The van der Waals surface area contributed by atoms with Gasteiger partial charge in [0.05, 0.1) is 11.2 Å². The first-order valence-electron chi connectivity index (χ1n) is 6.41. The fraction of sp³-hybridized carbons (Fsp3) is 0.400. The summed E-state index contributed by atoms with van der Waals surface area (Å²) >= 11 is 0. The van der Waals surface area contributed by atoms with Crippen molar-refractivity contribution < 1.29 is 4.79 Å². The highest BCUT2D eigenvalue weighted by atomic mass is 16.1. The van der Waals surface area contributed by atoms with Crippen molar-refractivity contribution in [1.29, 1.82) is 0 Å². The van der Waals surface area contributed by atoms with Crippen LogP contribution < -0.4 is 5.32 Å². The molecule has 0 fully saturated rings. The highest BCUT2D eigenvalue weighted by Crippen LogP contribution is 2.27. The number of fused-ring (bicyclic) bond motifs is 1. The van der Waals surface area contributed by atoms with E-state index in [1.807, 2.05) is 26.0 Å². The van der Waals surface area contributed by atoms with E-state index in [4.69, 9.17) is 0 Å². The van der Waals surface area contributed by atoms with E-state index < -0.39 is 0 Å². The van der Waals surface area contributed by atoms with Crippen LogP contribution in [0, 0.1) is 5.92 Å². The molecule has 0 aliphatic rings. The molecule has 1 heterocycles. The summed E-state index contributed by atoms with van der Waals surface area (Å²) in [6.07, 6.45) is 2.07. The minimum absolute atomic E-state index is 0.00700. The number of hydrogen-bond donors (Lipinski definition) is 1. The van der Waals surface area contributed by atoms with Crippen molar-refractivity contribution in [2.24, 2.45) is 5.92 Å². The highest BCUT2D eigenvalue weighted by Gasteiger charge is 2.11. The Balaban J connectivity index is 2.44. The van der Waals surface area contributed by atoms with Crippen molar-refractivity contribution in [1.82, 2.24) is 4.57 Å². The van der Waals surface area contributed by atoms with Gasteiger partial charge in [0.25, 0.3) is 0 Å². The molecule has 3 nitrogen and oxygen atoms in total. The van der Waals surface area contributed by atoms with Crippen LogP contribution in [0.2, 0.25) is 0 Å². The standard InChI is InChI=1S/C15H20N2O/c1-10(2)15(18)16-13-6-5-7-14-12(13)8-9-17(14)11(3)4/h5-11H,1-4H3,(H,16,18). The molecule has 0 radical (unpaired) electrons. The van der Waals surface area contributed by atoms with Gasteiger partial charge >= 0.3 is 0 Å². The van der Waals surface area contributed by atoms with Gasteiger partial charge in [0.1, 0.15) is 0 Å². The van der Waals surface area contributed by atoms with Crippen molar-refractivity contribution in [2.75, 3.05) is 5.32 Å². The van der Waals surface area contributed by atoms with E-state index in [1.165, 1.54) is 0 Å². The number of carbonyl (C=O) groups is 1. The van der Waals surface area contributed by atoms with E-state index in [1.54, 1.807) is 0 Å². The van der Waals surface area contributed by atoms with Crippen LogP contribution in [0.1, 0.15) is 33.7 Å². The summed E-state index contributed by atoms with van der Waals surface area (Å²) in [4.78, 5) is 11.8. The van der Waals surface area contributed by atoms with Gasteiger partial charge in [0.2, 0.25) is 5.91 Å². The summed E-state index contributed by atoms with van der Waals surface area (Å²) in [6, 6.07) is 8.49. The molecule has 0 unspecified atom stereocenters. The summed E-state index contributed by atoms with van der Waals surface area (Å²) in [5.74, 6) is 0.0484. The zero-order valence-electron chi connectivity index (χ0n) is 11.4. The lowest BCUT2D eigenvalue weighted by Gasteiger charge is -2.11. The summed E-state index contributed by atoms with van der Waals surface area (Å²) in [5.41, 5.74) is 2.05. The van der Waals surface area contributed by atoms with Crippen LogP contribution in [0.25, 0.3) is 10.9 Å². The molecule has 96 valence electrons. The van der Waals surface area contributed by atoms with Crippen molar-refractivity contribution in [3.05, 3.63) is 30.5 Å². The molecule has 0 spiro atoms. The number of rotatable bonds is 3. The number of amides is 1. The number of anilines is 1. The second-order valence-corrected chi connectivity index (χ2v) is 5.20. The van der Waals surface area contributed by atoms with E-state index in [-0.39, 0.29) is 11.8 Å². The van der Waals surface area contributed by atoms with Gasteiger partial charge in [0.15, 0.2) is 0 Å². The zero-order valence-corrected chi connectivity index (χ0v) is 11.4. The van der Waals surface area contributed by atoms with Crippen LogP contribution in [0.3, 0.4) is 0 Å². The normalized spacial score (nSPS) is 11.4. The molecular formula is C15H20N2O. The van der Waals surface area contributed by atoms with Crippen molar-refractivity contribution in [2.45, 2.75) is 33.7 Å². The Hall–Kier alpha value is -1.77. The largest absolute Gasteiger partial charge is 0.345 e. The average molecular weight is 244 g/mol. The first-order valence-corrected chi connectivity index (χ1v) is 6.41. The Morgan fingerprint density at radius 2 is 1.89 bits per heavy atom. The molecule has 0 saturated heterocycles. The van der Waals surface area contributed by atoms with Gasteiger partial charge in [-0.05, 0) is 32.0 Å². The second kappa shape index (κ2) is 4.84. The van der Waals surface area contributed by atoms with E-state index in [0.29, 0.717) is 6.04 Å².